The number of carboxylic acid groups (broad SMARTS) is 1. The van der Waals surface area contributed by atoms with Gasteiger partial charge in [0.1, 0.15) is 5.76 Å². The molecule has 0 aliphatic carbocycles. The van der Waals surface area contributed by atoms with E-state index in [2.05, 4.69) is 5.32 Å². The fourth-order valence-electron chi connectivity index (χ4n) is 1.85. The maximum absolute atomic E-state index is 11.1. The summed E-state index contributed by atoms with van der Waals surface area (Å²) in [6.07, 6.45) is 2.42. The largest absolute Gasteiger partial charge is 0.478 e. The van der Waals surface area contributed by atoms with E-state index < -0.39 is 5.97 Å². The zero-order valence-electron chi connectivity index (χ0n) is 10.1. The van der Waals surface area contributed by atoms with E-state index in [1.54, 1.807) is 24.5 Å². The van der Waals surface area contributed by atoms with Crippen molar-refractivity contribution in [1.29, 1.82) is 0 Å². The van der Waals surface area contributed by atoms with Crippen LogP contribution < -0.4 is 5.32 Å². The van der Waals surface area contributed by atoms with Crippen LogP contribution in [0.4, 0.5) is 5.69 Å². The molecule has 0 saturated carbocycles. The number of para-hydroxylation sites is 1. The normalized spacial score (nSPS) is 12.1. The average molecular weight is 245 g/mol. The van der Waals surface area contributed by atoms with Gasteiger partial charge in [0, 0.05) is 5.69 Å². The number of hydrogen-bond donors (Lipinski definition) is 2. The standard InChI is InChI=1S/C14H15NO3/c1-2-11(13-8-5-9-18-13)15-12-7-4-3-6-10(12)14(16)17/h3-9,11,15H,2H2,1H3,(H,16,17). The van der Waals surface area contributed by atoms with Crippen molar-refractivity contribution in [2.75, 3.05) is 5.32 Å². The molecule has 0 amide bonds. The number of furan rings is 1. The lowest BCUT2D eigenvalue weighted by Crippen LogP contribution is -2.12. The smallest absolute Gasteiger partial charge is 0.337 e. The first-order valence-electron chi connectivity index (χ1n) is 5.84. The Bertz CT molecular complexity index is 520. The molecule has 2 rings (SSSR count). The van der Waals surface area contributed by atoms with Crippen LogP contribution in [0.15, 0.2) is 47.1 Å². The molecule has 4 heteroatoms. The molecule has 2 N–H and O–H groups in total. The van der Waals surface area contributed by atoms with Crippen LogP contribution in [0.25, 0.3) is 0 Å². The summed E-state index contributed by atoms with van der Waals surface area (Å²) < 4.78 is 5.35. The van der Waals surface area contributed by atoms with Gasteiger partial charge >= 0.3 is 5.97 Å². The Labute approximate surface area is 105 Å². The molecule has 0 saturated heterocycles. The van der Waals surface area contributed by atoms with Gasteiger partial charge in [-0.15, -0.1) is 0 Å². The van der Waals surface area contributed by atoms with Crippen LogP contribution in [-0.2, 0) is 0 Å². The summed E-state index contributed by atoms with van der Waals surface area (Å²) in [5.74, 6) is -0.134. The number of benzene rings is 1. The Morgan fingerprint density at radius 3 is 2.72 bits per heavy atom. The Balaban J connectivity index is 2.25. The highest BCUT2D eigenvalue weighted by Crippen LogP contribution is 2.25. The second-order valence-electron chi connectivity index (χ2n) is 3.97. The molecule has 1 atom stereocenters. The van der Waals surface area contributed by atoms with Gasteiger partial charge in [0.15, 0.2) is 0 Å². The third kappa shape index (κ3) is 2.53. The minimum atomic E-state index is -0.938. The Kier molecular flexibility index (Phi) is 3.67. The number of anilines is 1. The molecule has 18 heavy (non-hydrogen) atoms. The van der Waals surface area contributed by atoms with Gasteiger partial charge < -0.3 is 14.8 Å². The van der Waals surface area contributed by atoms with Gasteiger partial charge in [-0.05, 0) is 30.7 Å². The van der Waals surface area contributed by atoms with Crippen LogP contribution in [0.3, 0.4) is 0 Å². The number of nitrogens with one attached hydrogen (secondary N) is 1. The highest BCUT2D eigenvalue weighted by Gasteiger charge is 2.15. The van der Waals surface area contributed by atoms with Gasteiger partial charge in [0.2, 0.25) is 0 Å². The van der Waals surface area contributed by atoms with Gasteiger partial charge in [-0.25, -0.2) is 4.79 Å². The zero-order valence-corrected chi connectivity index (χ0v) is 10.1. The number of carbonyl (C=O) groups is 1. The predicted octanol–water partition coefficient (Wildman–Crippen LogP) is 3.54. The molecule has 1 unspecified atom stereocenters. The van der Waals surface area contributed by atoms with Crippen molar-refractivity contribution in [2.45, 2.75) is 19.4 Å². The maximum atomic E-state index is 11.1. The maximum Gasteiger partial charge on any atom is 0.337 e. The highest BCUT2D eigenvalue weighted by molar-refractivity contribution is 5.94. The van der Waals surface area contributed by atoms with E-state index in [0.29, 0.717) is 5.69 Å². The van der Waals surface area contributed by atoms with Crippen LogP contribution in [0.5, 0.6) is 0 Å². The lowest BCUT2D eigenvalue weighted by atomic mass is 10.1. The summed E-state index contributed by atoms with van der Waals surface area (Å²) in [5, 5.41) is 12.3. The van der Waals surface area contributed by atoms with E-state index >= 15 is 0 Å². The third-order valence-corrected chi connectivity index (χ3v) is 2.78. The predicted molar refractivity (Wildman–Crippen MR) is 68.8 cm³/mol. The average Bonchev–Trinajstić information content (AvgIpc) is 2.90. The second kappa shape index (κ2) is 5.40. The van der Waals surface area contributed by atoms with Gasteiger partial charge in [-0.3, -0.25) is 0 Å². The first kappa shape index (κ1) is 12.2. The zero-order chi connectivity index (χ0) is 13.0. The van der Waals surface area contributed by atoms with Crippen LogP contribution >= 0.6 is 0 Å². The van der Waals surface area contributed by atoms with Gasteiger partial charge in [-0.1, -0.05) is 19.1 Å². The Morgan fingerprint density at radius 1 is 1.33 bits per heavy atom. The van der Waals surface area contributed by atoms with Crippen LogP contribution in [0, 0.1) is 0 Å². The van der Waals surface area contributed by atoms with Crippen LogP contribution in [0.1, 0.15) is 35.5 Å². The van der Waals surface area contributed by atoms with E-state index in [1.807, 2.05) is 25.1 Å². The first-order chi connectivity index (χ1) is 8.72. The molecule has 1 aromatic heterocycles. The molecule has 1 aromatic carbocycles. The lowest BCUT2D eigenvalue weighted by molar-refractivity contribution is 0.0698. The van der Waals surface area contributed by atoms with Crippen molar-refractivity contribution in [1.82, 2.24) is 0 Å². The Morgan fingerprint density at radius 2 is 2.11 bits per heavy atom. The number of hydrogen-bond acceptors (Lipinski definition) is 3. The minimum absolute atomic E-state index is 0.0273. The fourth-order valence-corrected chi connectivity index (χ4v) is 1.85. The molecular weight excluding hydrogens is 230 g/mol. The van der Waals surface area contributed by atoms with Crippen molar-refractivity contribution in [2.24, 2.45) is 0 Å². The lowest BCUT2D eigenvalue weighted by Gasteiger charge is -2.17. The summed E-state index contributed by atoms with van der Waals surface area (Å²) in [6.45, 7) is 2.02. The number of carboxylic acids is 1. The molecule has 1 heterocycles. The number of aromatic carboxylic acids is 1. The molecule has 2 aromatic rings. The molecule has 0 aliphatic heterocycles. The van der Waals surface area contributed by atoms with Crippen molar-refractivity contribution >= 4 is 11.7 Å². The summed E-state index contributed by atoms with van der Waals surface area (Å²) in [5.41, 5.74) is 0.871. The monoisotopic (exact) mass is 245 g/mol. The van der Waals surface area contributed by atoms with E-state index in [-0.39, 0.29) is 11.6 Å². The van der Waals surface area contributed by atoms with Crippen LogP contribution in [-0.4, -0.2) is 11.1 Å². The summed E-state index contributed by atoms with van der Waals surface area (Å²) in [7, 11) is 0. The molecular formula is C14H15NO3. The number of rotatable bonds is 5. The van der Waals surface area contributed by atoms with E-state index in [1.165, 1.54) is 0 Å². The topological polar surface area (TPSA) is 62.5 Å². The quantitative estimate of drug-likeness (QED) is 0.845. The molecule has 4 nitrogen and oxygen atoms in total. The highest BCUT2D eigenvalue weighted by atomic mass is 16.4. The summed E-state index contributed by atoms with van der Waals surface area (Å²) >= 11 is 0. The molecule has 0 bridgehead atoms. The van der Waals surface area contributed by atoms with E-state index in [4.69, 9.17) is 9.52 Å². The molecule has 0 fully saturated rings. The minimum Gasteiger partial charge on any atom is -0.478 e. The van der Waals surface area contributed by atoms with Gasteiger partial charge in [0.25, 0.3) is 0 Å². The summed E-state index contributed by atoms with van der Waals surface area (Å²) in [6, 6.07) is 10.5. The van der Waals surface area contributed by atoms with E-state index in [0.717, 1.165) is 12.2 Å². The summed E-state index contributed by atoms with van der Waals surface area (Å²) in [4.78, 5) is 11.1. The third-order valence-electron chi connectivity index (χ3n) is 2.78. The molecule has 94 valence electrons. The van der Waals surface area contributed by atoms with Crippen molar-refractivity contribution < 1.29 is 14.3 Å². The van der Waals surface area contributed by atoms with Crippen molar-refractivity contribution in [3.63, 3.8) is 0 Å². The molecule has 0 spiro atoms. The first-order valence-corrected chi connectivity index (χ1v) is 5.84. The molecule has 0 aliphatic rings. The SMILES string of the molecule is CCC(Nc1ccccc1C(=O)O)c1ccco1. The Hall–Kier alpha value is -2.23. The van der Waals surface area contributed by atoms with Crippen LogP contribution in [0.2, 0.25) is 0 Å². The fraction of sp³-hybridized carbons (Fsp3) is 0.214. The second-order valence-corrected chi connectivity index (χ2v) is 3.97. The van der Waals surface area contributed by atoms with E-state index in [9.17, 15) is 4.79 Å². The van der Waals surface area contributed by atoms with Gasteiger partial charge in [0.05, 0.1) is 17.9 Å². The van der Waals surface area contributed by atoms with Gasteiger partial charge in [-0.2, -0.15) is 0 Å². The molecule has 0 radical (unpaired) electrons. The van der Waals surface area contributed by atoms with Crippen molar-refractivity contribution in [3.8, 4) is 0 Å². The van der Waals surface area contributed by atoms with Crippen molar-refractivity contribution in [3.05, 3.63) is 54.0 Å².